The van der Waals surface area contributed by atoms with Crippen molar-refractivity contribution in [2.45, 2.75) is 20.4 Å². The van der Waals surface area contributed by atoms with Crippen molar-refractivity contribution < 1.29 is 0 Å². The van der Waals surface area contributed by atoms with Crippen molar-refractivity contribution >= 4 is 17.2 Å². The minimum absolute atomic E-state index is 0.762. The van der Waals surface area contributed by atoms with Gasteiger partial charge in [-0.1, -0.05) is 0 Å². The van der Waals surface area contributed by atoms with Gasteiger partial charge in [-0.2, -0.15) is 5.10 Å². The Hall–Kier alpha value is -1.29. The topological polar surface area (TPSA) is 43.8 Å². The first-order valence-corrected chi connectivity index (χ1v) is 5.37. The van der Waals surface area contributed by atoms with Gasteiger partial charge in [0.1, 0.15) is 5.82 Å². The molecule has 0 unspecified atom stereocenters. The van der Waals surface area contributed by atoms with Gasteiger partial charge in [0.25, 0.3) is 0 Å². The monoisotopic (exact) mass is 207 g/mol. The van der Waals surface area contributed by atoms with Crippen molar-refractivity contribution in [2.24, 2.45) is 0 Å². The summed E-state index contributed by atoms with van der Waals surface area (Å²) in [6.07, 6.45) is 1.80. The van der Waals surface area contributed by atoms with Crippen LogP contribution in [0.2, 0.25) is 0 Å². The van der Waals surface area contributed by atoms with E-state index >= 15 is 0 Å². The van der Waals surface area contributed by atoms with Gasteiger partial charge in [0, 0.05) is 10.4 Å². The highest BCUT2D eigenvalue weighted by molar-refractivity contribution is 7.10. The molecule has 4 heteroatoms. The van der Waals surface area contributed by atoms with Crippen LogP contribution in [-0.4, -0.2) is 9.78 Å². The third-order valence-electron chi connectivity index (χ3n) is 2.33. The number of hydrogen-bond acceptors (Lipinski definition) is 3. The van der Waals surface area contributed by atoms with Crippen LogP contribution in [0.25, 0.3) is 0 Å². The van der Waals surface area contributed by atoms with Crippen LogP contribution in [-0.2, 0) is 6.54 Å². The van der Waals surface area contributed by atoms with Gasteiger partial charge in [0.05, 0.1) is 12.7 Å². The van der Waals surface area contributed by atoms with Crippen LogP contribution < -0.4 is 5.73 Å². The Bertz CT molecular complexity index is 442. The quantitative estimate of drug-likeness (QED) is 0.820. The Morgan fingerprint density at radius 1 is 1.43 bits per heavy atom. The molecule has 2 aromatic heterocycles. The highest BCUT2D eigenvalue weighted by Gasteiger charge is 2.06. The molecule has 0 fully saturated rings. The van der Waals surface area contributed by atoms with Crippen LogP contribution in [0.3, 0.4) is 0 Å². The number of nitrogens with zero attached hydrogens (tertiary/aromatic N) is 2. The van der Waals surface area contributed by atoms with E-state index in [0.29, 0.717) is 0 Å². The molecule has 0 aliphatic heterocycles. The fourth-order valence-corrected chi connectivity index (χ4v) is 2.20. The molecule has 0 bridgehead atoms. The summed E-state index contributed by atoms with van der Waals surface area (Å²) in [6, 6.07) is 2.12. The Morgan fingerprint density at radius 2 is 2.21 bits per heavy atom. The lowest BCUT2D eigenvalue weighted by atomic mass is 10.3. The molecule has 2 N–H and O–H groups in total. The average Bonchev–Trinajstić information content (AvgIpc) is 2.68. The van der Waals surface area contributed by atoms with E-state index in [1.165, 1.54) is 10.4 Å². The van der Waals surface area contributed by atoms with Crippen molar-refractivity contribution in [3.63, 3.8) is 0 Å². The Kier molecular flexibility index (Phi) is 2.29. The maximum atomic E-state index is 5.87. The lowest BCUT2D eigenvalue weighted by Gasteiger charge is -2.03. The van der Waals surface area contributed by atoms with Crippen molar-refractivity contribution in [3.05, 3.63) is 33.6 Å². The zero-order valence-corrected chi connectivity index (χ0v) is 9.14. The van der Waals surface area contributed by atoms with Gasteiger partial charge in [0.15, 0.2) is 0 Å². The van der Waals surface area contributed by atoms with Gasteiger partial charge in [-0.3, -0.25) is 0 Å². The molecule has 0 amide bonds. The second kappa shape index (κ2) is 3.46. The Labute approximate surface area is 87.2 Å². The molecular weight excluding hydrogens is 194 g/mol. The molecule has 0 radical (unpaired) electrons. The summed E-state index contributed by atoms with van der Waals surface area (Å²) in [5, 5.41) is 6.32. The molecular formula is C10H13N3S. The van der Waals surface area contributed by atoms with Crippen molar-refractivity contribution in [2.75, 3.05) is 5.73 Å². The average molecular weight is 207 g/mol. The number of thiophene rings is 1. The van der Waals surface area contributed by atoms with Gasteiger partial charge in [-0.15, -0.1) is 11.3 Å². The third kappa shape index (κ3) is 1.53. The zero-order chi connectivity index (χ0) is 10.1. The van der Waals surface area contributed by atoms with E-state index in [9.17, 15) is 0 Å². The summed E-state index contributed by atoms with van der Waals surface area (Å²) in [7, 11) is 0. The second-order valence-electron chi connectivity index (χ2n) is 3.40. The maximum Gasteiger partial charge on any atom is 0.125 e. The lowest BCUT2D eigenvalue weighted by Crippen LogP contribution is -2.05. The number of hydrogen-bond donors (Lipinski definition) is 1. The van der Waals surface area contributed by atoms with Crippen LogP contribution in [0, 0.1) is 13.8 Å². The van der Waals surface area contributed by atoms with Gasteiger partial charge in [-0.25, -0.2) is 4.68 Å². The highest BCUT2D eigenvalue weighted by atomic mass is 32.1. The van der Waals surface area contributed by atoms with Gasteiger partial charge >= 0.3 is 0 Å². The summed E-state index contributed by atoms with van der Waals surface area (Å²) in [5.41, 5.74) is 8.22. The number of nitrogen functional groups attached to an aromatic ring is 1. The van der Waals surface area contributed by atoms with Gasteiger partial charge in [-0.05, 0) is 30.9 Å². The number of rotatable bonds is 2. The van der Waals surface area contributed by atoms with Gasteiger partial charge < -0.3 is 5.73 Å². The molecule has 74 valence electrons. The molecule has 14 heavy (non-hydrogen) atoms. The largest absolute Gasteiger partial charge is 0.384 e. The predicted octanol–water partition coefficient (Wildman–Crippen LogP) is 2.19. The molecule has 0 saturated heterocycles. The van der Waals surface area contributed by atoms with Gasteiger partial charge in [0.2, 0.25) is 0 Å². The van der Waals surface area contributed by atoms with E-state index in [2.05, 4.69) is 23.5 Å². The van der Waals surface area contributed by atoms with E-state index in [4.69, 9.17) is 5.73 Å². The Balaban J connectivity index is 2.27. The van der Waals surface area contributed by atoms with Crippen LogP contribution in [0.4, 0.5) is 5.82 Å². The standard InChI is InChI=1S/C10H13N3S/c1-7-3-4-14-9(7)6-13-10(11)8(2)5-12-13/h3-5H,6,11H2,1-2H3. The molecule has 0 aliphatic carbocycles. The minimum Gasteiger partial charge on any atom is -0.384 e. The highest BCUT2D eigenvalue weighted by Crippen LogP contribution is 2.19. The lowest BCUT2D eigenvalue weighted by molar-refractivity contribution is 0.702. The number of anilines is 1. The number of aromatic nitrogens is 2. The van der Waals surface area contributed by atoms with E-state index in [0.717, 1.165) is 17.9 Å². The first kappa shape index (κ1) is 9.27. The number of nitrogens with two attached hydrogens (primary N) is 1. The predicted molar refractivity (Wildman–Crippen MR) is 59.5 cm³/mol. The van der Waals surface area contributed by atoms with E-state index < -0.39 is 0 Å². The molecule has 2 rings (SSSR count). The fourth-order valence-electron chi connectivity index (χ4n) is 1.32. The molecule has 0 saturated carbocycles. The molecule has 0 aromatic carbocycles. The molecule has 2 heterocycles. The molecule has 0 spiro atoms. The fraction of sp³-hybridized carbons (Fsp3) is 0.300. The summed E-state index contributed by atoms with van der Waals surface area (Å²) in [6.45, 7) is 4.86. The first-order chi connectivity index (χ1) is 6.68. The van der Waals surface area contributed by atoms with Crippen LogP contribution >= 0.6 is 11.3 Å². The molecule has 2 aromatic rings. The normalized spacial score (nSPS) is 10.7. The van der Waals surface area contributed by atoms with Crippen LogP contribution in [0.15, 0.2) is 17.6 Å². The van der Waals surface area contributed by atoms with Crippen LogP contribution in [0.5, 0.6) is 0 Å². The third-order valence-corrected chi connectivity index (χ3v) is 3.34. The summed E-state index contributed by atoms with van der Waals surface area (Å²) >= 11 is 1.75. The zero-order valence-electron chi connectivity index (χ0n) is 8.32. The Morgan fingerprint density at radius 3 is 2.71 bits per heavy atom. The second-order valence-corrected chi connectivity index (χ2v) is 4.40. The van der Waals surface area contributed by atoms with E-state index in [1.807, 2.05) is 11.6 Å². The van der Waals surface area contributed by atoms with E-state index in [1.54, 1.807) is 17.5 Å². The van der Waals surface area contributed by atoms with Crippen LogP contribution in [0.1, 0.15) is 16.0 Å². The summed E-state index contributed by atoms with van der Waals surface area (Å²) in [4.78, 5) is 1.32. The molecule has 0 aliphatic rings. The summed E-state index contributed by atoms with van der Waals surface area (Å²) in [5.74, 6) is 0.762. The minimum atomic E-state index is 0.762. The smallest absolute Gasteiger partial charge is 0.125 e. The molecule has 3 nitrogen and oxygen atoms in total. The van der Waals surface area contributed by atoms with Crippen molar-refractivity contribution in [1.29, 1.82) is 0 Å². The number of aryl methyl sites for hydroxylation is 2. The maximum absolute atomic E-state index is 5.87. The summed E-state index contributed by atoms with van der Waals surface area (Å²) < 4.78 is 1.84. The first-order valence-electron chi connectivity index (χ1n) is 4.49. The van der Waals surface area contributed by atoms with Crippen molar-refractivity contribution in [3.8, 4) is 0 Å². The van der Waals surface area contributed by atoms with E-state index in [-0.39, 0.29) is 0 Å². The van der Waals surface area contributed by atoms with Crippen molar-refractivity contribution in [1.82, 2.24) is 9.78 Å². The molecule has 0 atom stereocenters. The SMILES string of the molecule is Cc1ccsc1Cn1ncc(C)c1N.